The molecule has 1 aliphatic heterocycles. The van der Waals surface area contributed by atoms with E-state index in [9.17, 15) is 0 Å². The van der Waals surface area contributed by atoms with Crippen LogP contribution in [-0.4, -0.2) is 31.9 Å². The van der Waals surface area contributed by atoms with Crippen molar-refractivity contribution < 1.29 is 18.9 Å². The molecule has 5 heteroatoms. The first-order valence-corrected chi connectivity index (χ1v) is 8.30. The highest BCUT2D eigenvalue weighted by Crippen LogP contribution is 2.42. The van der Waals surface area contributed by atoms with Crippen LogP contribution in [0.15, 0.2) is 42.6 Å². The van der Waals surface area contributed by atoms with Gasteiger partial charge < -0.3 is 18.9 Å². The van der Waals surface area contributed by atoms with E-state index in [4.69, 9.17) is 18.9 Å². The summed E-state index contributed by atoms with van der Waals surface area (Å²) in [6.45, 7) is 3.58. The Morgan fingerprint density at radius 3 is 2.44 bits per heavy atom. The van der Waals surface area contributed by atoms with Gasteiger partial charge in [0.15, 0.2) is 11.5 Å². The molecule has 25 heavy (non-hydrogen) atoms. The standard InChI is InChI=1S/C20H19NO4/c1-3-23-20-15-11-19-18(24-8-9-25-19)10-14(15)16(12-21-20)13-6-4-5-7-17(13)22-2/h4-7,10-12H,3,8-9H2,1-2H3. The molecule has 0 atom stereocenters. The van der Waals surface area contributed by atoms with Crippen LogP contribution in [-0.2, 0) is 0 Å². The number of methoxy groups -OCH3 is 1. The number of rotatable bonds is 4. The number of nitrogens with zero attached hydrogens (tertiary/aromatic N) is 1. The second-order valence-electron chi connectivity index (χ2n) is 5.65. The second-order valence-corrected chi connectivity index (χ2v) is 5.65. The minimum Gasteiger partial charge on any atom is -0.496 e. The lowest BCUT2D eigenvalue weighted by atomic mass is 9.99. The van der Waals surface area contributed by atoms with Crippen molar-refractivity contribution >= 4 is 10.8 Å². The van der Waals surface area contributed by atoms with Gasteiger partial charge in [-0.15, -0.1) is 0 Å². The van der Waals surface area contributed by atoms with Crippen molar-refractivity contribution in [2.45, 2.75) is 6.92 Å². The Bertz CT molecular complexity index is 923. The molecule has 2 aromatic carbocycles. The zero-order chi connectivity index (χ0) is 17.2. The summed E-state index contributed by atoms with van der Waals surface area (Å²) in [5.41, 5.74) is 1.94. The Hall–Kier alpha value is -2.95. The maximum Gasteiger partial charge on any atom is 0.221 e. The van der Waals surface area contributed by atoms with E-state index in [-0.39, 0.29) is 0 Å². The Kier molecular flexibility index (Phi) is 4.06. The summed E-state index contributed by atoms with van der Waals surface area (Å²) in [5, 5.41) is 1.89. The van der Waals surface area contributed by atoms with E-state index in [1.807, 2.05) is 49.5 Å². The van der Waals surface area contributed by atoms with Crippen molar-refractivity contribution in [3.63, 3.8) is 0 Å². The number of aromatic nitrogens is 1. The lowest BCUT2D eigenvalue weighted by molar-refractivity contribution is 0.172. The predicted octanol–water partition coefficient (Wildman–Crippen LogP) is 4.08. The summed E-state index contributed by atoms with van der Waals surface area (Å²) < 4.78 is 22.7. The van der Waals surface area contributed by atoms with Gasteiger partial charge in [-0.2, -0.15) is 0 Å². The van der Waals surface area contributed by atoms with Crippen molar-refractivity contribution in [1.29, 1.82) is 0 Å². The molecule has 0 saturated carbocycles. The highest BCUT2D eigenvalue weighted by atomic mass is 16.6. The van der Waals surface area contributed by atoms with Crippen LogP contribution in [0.25, 0.3) is 21.9 Å². The van der Waals surface area contributed by atoms with Gasteiger partial charge in [0.2, 0.25) is 5.88 Å². The molecule has 1 aliphatic rings. The van der Waals surface area contributed by atoms with Crippen LogP contribution in [0, 0.1) is 0 Å². The SMILES string of the molecule is CCOc1ncc(-c2ccccc2OC)c2cc3c(cc12)OCCO3. The number of pyridine rings is 1. The molecule has 2 heterocycles. The first kappa shape index (κ1) is 15.6. The zero-order valence-electron chi connectivity index (χ0n) is 14.2. The van der Waals surface area contributed by atoms with Gasteiger partial charge in [0, 0.05) is 28.1 Å². The molecule has 128 valence electrons. The molecule has 1 aromatic heterocycles. The summed E-state index contributed by atoms with van der Waals surface area (Å²) in [7, 11) is 1.67. The lowest BCUT2D eigenvalue weighted by Gasteiger charge is -2.20. The van der Waals surface area contributed by atoms with E-state index < -0.39 is 0 Å². The minimum absolute atomic E-state index is 0.544. The topological polar surface area (TPSA) is 49.8 Å². The fourth-order valence-electron chi connectivity index (χ4n) is 3.08. The zero-order valence-corrected chi connectivity index (χ0v) is 14.2. The average molecular weight is 337 g/mol. The number of para-hydroxylation sites is 1. The van der Waals surface area contributed by atoms with Crippen LogP contribution >= 0.6 is 0 Å². The highest BCUT2D eigenvalue weighted by molar-refractivity contribution is 6.01. The van der Waals surface area contributed by atoms with Gasteiger partial charge in [0.05, 0.1) is 13.7 Å². The third kappa shape index (κ3) is 2.71. The summed E-state index contributed by atoms with van der Waals surface area (Å²) in [5.74, 6) is 2.85. The van der Waals surface area contributed by atoms with E-state index in [1.54, 1.807) is 7.11 Å². The van der Waals surface area contributed by atoms with Gasteiger partial charge >= 0.3 is 0 Å². The lowest BCUT2D eigenvalue weighted by Crippen LogP contribution is -2.15. The van der Waals surface area contributed by atoms with Crippen LogP contribution < -0.4 is 18.9 Å². The van der Waals surface area contributed by atoms with Gasteiger partial charge in [0.1, 0.15) is 19.0 Å². The van der Waals surface area contributed by atoms with E-state index >= 15 is 0 Å². The fourth-order valence-corrected chi connectivity index (χ4v) is 3.08. The van der Waals surface area contributed by atoms with Crippen molar-refractivity contribution in [3.05, 3.63) is 42.6 Å². The van der Waals surface area contributed by atoms with Crippen molar-refractivity contribution in [2.75, 3.05) is 26.9 Å². The largest absolute Gasteiger partial charge is 0.496 e. The van der Waals surface area contributed by atoms with E-state index in [0.29, 0.717) is 25.7 Å². The Morgan fingerprint density at radius 2 is 1.72 bits per heavy atom. The average Bonchev–Trinajstić information content (AvgIpc) is 2.67. The Balaban J connectivity index is 2.00. The third-order valence-corrected chi connectivity index (χ3v) is 4.19. The summed E-state index contributed by atoms with van der Waals surface area (Å²) >= 11 is 0. The molecule has 0 aliphatic carbocycles. The number of hydrogen-bond acceptors (Lipinski definition) is 5. The van der Waals surface area contributed by atoms with Crippen LogP contribution in [0.3, 0.4) is 0 Å². The van der Waals surface area contributed by atoms with E-state index in [0.717, 1.165) is 39.1 Å². The van der Waals surface area contributed by atoms with Crippen LogP contribution in [0.4, 0.5) is 0 Å². The molecule has 0 fully saturated rings. The molecule has 0 saturated heterocycles. The molecule has 0 amide bonds. The number of benzene rings is 2. The monoisotopic (exact) mass is 337 g/mol. The normalized spacial score (nSPS) is 12.9. The van der Waals surface area contributed by atoms with E-state index in [2.05, 4.69) is 4.98 Å². The van der Waals surface area contributed by atoms with Crippen LogP contribution in [0.1, 0.15) is 6.92 Å². The Labute approximate surface area is 146 Å². The minimum atomic E-state index is 0.544. The molecule has 0 unspecified atom stereocenters. The molecule has 0 N–H and O–H groups in total. The molecule has 4 rings (SSSR count). The summed E-state index contributed by atoms with van der Waals surface area (Å²) in [6, 6.07) is 11.8. The van der Waals surface area contributed by atoms with E-state index in [1.165, 1.54) is 0 Å². The van der Waals surface area contributed by atoms with Crippen molar-refractivity contribution in [3.8, 4) is 34.3 Å². The highest BCUT2D eigenvalue weighted by Gasteiger charge is 2.19. The third-order valence-electron chi connectivity index (χ3n) is 4.19. The summed E-state index contributed by atoms with van der Waals surface area (Å²) in [6.07, 6.45) is 1.82. The maximum atomic E-state index is 5.76. The first-order valence-electron chi connectivity index (χ1n) is 8.30. The molecular weight excluding hydrogens is 318 g/mol. The van der Waals surface area contributed by atoms with Crippen LogP contribution in [0.5, 0.6) is 23.1 Å². The molecule has 3 aromatic rings. The van der Waals surface area contributed by atoms with Gasteiger partial charge in [-0.3, -0.25) is 0 Å². The van der Waals surface area contributed by atoms with Gasteiger partial charge in [-0.05, 0) is 25.1 Å². The molecule has 0 spiro atoms. The second kappa shape index (κ2) is 6.51. The quantitative estimate of drug-likeness (QED) is 0.718. The summed E-state index contributed by atoms with van der Waals surface area (Å²) in [4.78, 5) is 4.52. The molecule has 5 nitrogen and oxygen atoms in total. The predicted molar refractivity (Wildman–Crippen MR) is 95.9 cm³/mol. The molecule has 0 bridgehead atoms. The number of ether oxygens (including phenoxy) is 4. The van der Waals surface area contributed by atoms with Gasteiger partial charge in [-0.25, -0.2) is 4.98 Å². The fraction of sp³-hybridized carbons (Fsp3) is 0.250. The van der Waals surface area contributed by atoms with Gasteiger partial charge in [-0.1, -0.05) is 18.2 Å². The first-order chi connectivity index (χ1) is 12.3. The molecular formula is C20H19NO4. The molecule has 0 radical (unpaired) electrons. The number of hydrogen-bond donors (Lipinski definition) is 0. The maximum absolute atomic E-state index is 5.76. The van der Waals surface area contributed by atoms with Gasteiger partial charge in [0.25, 0.3) is 0 Å². The van der Waals surface area contributed by atoms with Crippen LogP contribution in [0.2, 0.25) is 0 Å². The Morgan fingerprint density at radius 1 is 1.00 bits per heavy atom. The van der Waals surface area contributed by atoms with Crippen molar-refractivity contribution in [2.24, 2.45) is 0 Å². The van der Waals surface area contributed by atoms with Crippen molar-refractivity contribution in [1.82, 2.24) is 4.98 Å². The number of fused-ring (bicyclic) bond motifs is 2. The smallest absolute Gasteiger partial charge is 0.221 e.